The van der Waals surface area contributed by atoms with E-state index >= 15 is 0 Å². The zero-order chi connectivity index (χ0) is 18.8. The second-order valence-electron chi connectivity index (χ2n) is 7.44. The third kappa shape index (κ3) is 3.87. The molecule has 0 unspecified atom stereocenters. The Morgan fingerprint density at radius 3 is 2.58 bits per heavy atom. The summed E-state index contributed by atoms with van der Waals surface area (Å²) in [6.07, 6.45) is 2.97. The Hall–Kier alpha value is -2.02. The number of amides is 2. The molecule has 1 aromatic heterocycles. The van der Waals surface area contributed by atoms with Gasteiger partial charge in [-0.1, -0.05) is 0 Å². The predicted octanol–water partition coefficient (Wildman–Crippen LogP) is 1.83. The lowest BCUT2D eigenvalue weighted by molar-refractivity contribution is -0.138. The Balaban J connectivity index is 1.67. The molecule has 0 aliphatic carbocycles. The summed E-state index contributed by atoms with van der Waals surface area (Å²) in [4.78, 5) is 37.1. The normalized spacial score (nSPS) is 18.4. The van der Waals surface area contributed by atoms with Gasteiger partial charge in [0.05, 0.1) is 6.10 Å². The zero-order valence-electron chi connectivity index (χ0n) is 16.1. The van der Waals surface area contributed by atoms with Crippen LogP contribution in [-0.4, -0.2) is 59.5 Å². The van der Waals surface area contributed by atoms with Gasteiger partial charge in [0, 0.05) is 43.7 Å². The SMILES string of the molecule is Cc1nc(C2CCN(C(=O)COC(C)C)CC2)nc2c1CCC(=O)N2C. The molecular formula is C19H28N4O3. The number of aryl methyl sites for hydroxylation is 1. The highest BCUT2D eigenvalue weighted by Gasteiger charge is 2.29. The van der Waals surface area contributed by atoms with E-state index in [1.54, 1.807) is 11.9 Å². The number of aromatic nitrogens is 2. The third-order valence-corrected chi connectivity index (χ3v) is 5.24. The van der Waals surface area contributed by atoms with E-state index in [0.29, 0.717) is 25.9 Å². The van der Waals surface area contributed by atoms with Crippen molar-refractivity contribution in [3.63, 3.8) is 0 Å². The molecular weight excluding hydrogens is 332 g/mol. The van der Waals surface area contributed by atoms with E-state index in [1.807, 2.05) is 25.7 Å². The summed E-state index contributed by atoms with van der Waals surface area (Å²) < 4.78 is 5.41. The maximum atomic E-state index is 12.2. The molecule has 1 aromatic rings. The Labute approximate surface area is 154 Å². The van der Waals surface area contributed by atoms with Gasteiger partial charge in [-0.05, 0) is 40.0 Å². The lowest BCUT2D eigenvalue weighted by atomic mass is 9.95. The highest BCUT2D eigenvalue weighted by molar-refractivity contribution is 5.94. The molecule has 0 aromatic carbocycles. The van der Waals surface area contributed by atoms with E-state index in [9.17, 15) is 9.59 Å². The quantitative estimate of drug-likeness (QED) is 0.819. The van der Waals surface area contributed by atoms with Crippen molar-refractivity contribution < 1.29 is 14.3 Å². The van der Waals surface area contributed by atoms with Crippen molar-refractivity contribution in [1.29, 1.82) is 0 Å². The fourth-order valence-electron chi connectivity index (χ4n) is 3.59. The van der Waals surface area contributed by atoms with Crippen LogP contribution in [0, 0.1) is 6.92 Å². The van der Waals surface area contributed by atoms with Gasteiger partial charge in [-0.3, -0.25) is 14.5 Å². The van der Waals surface area contributed by atoms with Gasteiger partial charge in [0.2, 0.25) is 11.8 Å². The lowest BCUT2D eigenvalue weighted by Crippen LogP contribution is -2.40. The number of carbonyl (C=O) groups is 2. The monoisotopic (exact) mass is 360 g/mol. The Morgan fingerprint density at radius 1 is 1.23 bits per heavy atom. The molecule has 26 heavy (non-hydrogen) atoms. The molecule has 0 N–H and O–H groups in total. The highest BCUT2D eigenvalue weighted by atomic mass is 16.5. The number of ether oxygens (including phenoxy) is 1. The summed E-state index contributed by atoms with van der Waals surface area (Å²) in [6.45, 7) is 7.38. The van der Waals surface area contributed by atoms with Gasteiger partial charge < -0.3 is 9.64 Å². The van der Waals surface area contributed by atoms with Crippen LogP contribution in [0.4, 0.5) is 5.82 Å². The van der Waals surface area contributed by atoms with Crippen molar-refractivity contribution in [2.24, 2.45) is 0 Å². The maximum absolute atomic E-state index is 12.2. The maximum Gasteiger partial charge on any atom is 0.248 e. The molecule has 1 fully saturated rings. The van der Waals surface area contributed by atoms with Gasteiger partial charge in [-0.2, -0.15) is 0 Å². The first-order chi connectivity index (χ1) is 12.4. The molecule has 7 nitrogen and oxygen atoms in total. The Kier molecular flexibility index (Phi) is 5.55. The van der Waals surface area contributed by atoms with E-state index in [2.05, 4.69) is 0 Å². The molecule has 0 atom stereocenters. The number of rotatable bonds is 4. The number of fused-ring (bicyclic) bond motifs is 1. The minimum absolute atomic E-state index is 0.0463. The Morgan fingerprint density at radius 2 is 1.92 bits per heavy atom. The van der Waals surface area contributed by atoms with Crippen LogP contribution in [0.3, 0.4) is 0 Å². The van der Waals surface area contributed by atoms with E-state index in [1.165, 1.54) is 0 Å². The highest BCUT2D eigenvalue weighted by Crippen LogP contribution is 2.31. The molecule has 3 heterocycles. The van der Waals surface area contributed by atoms with Gasteiger partial charge >= 0.3 is 0 Å². The van der Waals surface area contributed by atoms with Crippen molar-refractivity contribution in [1.82, 2.24) is 14.9 Å². The van der Waals surface area contributed by atoms with E-state index in [4.69, 9.17) is 14.7 Å². The molecule has 1 saturated heterocycles. The van der Waals surface area contributed by atoms with Crippen LogP contribution in [0.5, 0.6) is 0 Å². The number of likely N-dealkylation sites (tertiary alicyclic amines) is 1. The predicted molar refractivity (Wildman–Crippen MR) is 98.1 cm³/mol. The van der Waals surface area contributed by atoms with Crippen LogP contribution in [0.15, 0.2) is 0 Å². The zero-order valence-corrected chi connectivity index (χ0v) is 16.1. The number of hydrogen-bond acceptors (Lipinski definition) is 5. The number of anilines is 1. The minimum Gasteiger partial charge on any atom is -0.369 e. The number of hydrogen-bond donors (Lipinski definition) is 0. The molecule has 0 saturated carbocycles. The molecule has 7 heteroatoms. The summed E-state index contributed by atoms with van der Waals surface area (Å²) in [6, 6.07) is 0. The van der Waals surface area contributed by atoms with Crippen molar-refractivity contribution in [2.75, 3.05) is 31.6 Å². The fourth-order valence-corrected chi connectivity index (χ4v) is 3.59. The first-order valence-electron chi connectivity index (χ1n) is 9.40. The van der Waals surface area contributed by atoms with Crippen molar-refractivity contribution in [2.45, 2.75) is 58.5 Å². The summed E-state index contributed by atoms with van der Waals surface area (Å²) in [5.41, 5.74) is 2.04. The molecule has 2 aliphatic heterocycles. The molecule has 0 spiro atoms. The van der Waals surface area contributed by atoms with E-state index in [0.717, 1.165) is 35.7 Å². The van der Waals surface area contributed by atoms with E-state index in [-0.39, 0.29) is 30.4 Å². The summed E-state index contributed by atoms with van der Waals surface area (Å²) >= 11 is 0. The molecule has 3 rings (SSSR count). The molecule has 2 aliphatic rings. The van der Waals surface area contributed by atoms with Crippen molar-refractivity contribution in [3.8, 4) is 0 Å². The molecule has 0 radical (unpaired) electrons. The molecule has 2 amide bonds. The van der Waals surface area contributed by atoms with Crippen LogP contribution < -0.4 is 4.90 Å². The van der Waals surface area contributed by atoms with Gasteiger partial charge in [0.25, 0.3) is 0 Å². The van der Waals surface area contributed by atoms with Crippen LogP contribution in [0.25, 0.3) is 0 Å². The number of piperidine rings is 1. The first kappa shape index (κ1) is 18.8. The average molecular weight is 360 g/mol. The second-order valence-corrected chi connectivity index (χ2v) is 7.44. The first-order valence-corrected chi connectivity index (χ1v) is 9.40. The Bertz CT molecular complexity index is 696. The molecule has 0 bridgehead atoms. The van der Waals surface area contributed by atoms with Crippen LogP contribution in [0.2, 0.25) is 0 Å². The topological polar surface area (TPSA) is 75.6 Å². The fraction of sp³-hybridized carbons (Fsp3) is 0.684. The lowest BCUT2D eigenvalue weighted by Gasteiger charge is -2.32. The average Bonchev–Trinajstić information content (AvgIpc) is 2.63. The summed E-state index contributed by atoms with van der Waals surface area (Å²) in [5.74, 6) is 1.93. The number of nitrogens with zero attached hydrogens (tertiary/aromatic N) is 4. The van der Waals surface area contributed by atoms with Gasteiger partial charge in [-0.25, -0.2) is 9.97 Å². The minimum atomic E-state index is 0.0463. The van der Waals surface area contributed by atoms with Gasteiger partial charge in [-0.15, -0.1) is 0 Å². The molecule has 142 valence electrons. The van der Waals surface area contributed by atoms with Crippen LogP contribution >= 0.6 is 0 Å². The third-order valence-electron chi connectivity index (χ3n) is 5.24. The largest absolute Gasteiger partial charge is 0.369 e. The van der Waals surface area contributed by atoms with Crippen LogP contribution in [-0.2, 0) is 20.7 Å². The standard InChI is InChI=1S/C19H28N4O3/c1-12(2)26-11-17(25)23-9-7-14(8-10-23)18-20-13(3)15-5-6-16(24)22(4)19(15)21-18/h12,14H,5-11H2,1-4H3. The van der Waals surface area contributed by atoms with Crippen LogP contribution in [0.1, 0.15) is 56.1 Å². The summed E-state index contributed by atoms with van der Waals surface area (Å²) in [7, 11) is 1.78. The second kappa shape index (κ2) is 7.70. The van der Waals surface area contributed by atoms with Gasteiger partial charge in [0.1, 0.15) is 18.2 Å². The van der Waals surface area contributed by atoms with Crippen molar-refractivity contribution >= 4 is 17.6 Å². The number of carbonyl (C=O) groups excluding carboxylic acids is 2. The van der Waals surface area contributed by atoms with E-state index < -0.39 is 0 Å². The smallest absolute Gasteiger partial charge is 0.248 e. The summed E-state index contributed by atoms with van der Waals surface area (Å²) in [5, 5.41) is 0. The van der Waals surface area contributed by atoms with Crippen molar-refractivity contribution in [3.05, 3.63) is 17.1 Å². The van der Waals surface area contributed by atoms with Gasteiger partial charge in [0.15, 0.2) is 0 Å².